The van der Waals surface area contributed by atoms with Crippen molar-refractivity contribution in [1.82, 2.24) is 5.32 Å². The molecule has 0 aliphatic heterocycles. The second kappa shape index (κ2) is 7.78. The molecule has 19 heavy (non-hydrogen) atoms. The van der Waals surface area contributed by atoms with Gasteiger partial charge in [0.15, 0.2) is 11.5 Å². The summed E-state index contributed by atoms with van der Waals surface area (Å²) in [6, 6.07) is 1.69. The molecule has 0 aliphatic carbocycles. The molecule has 1 amide bonds. The molecule has 1 aromatic heterocycles. The number of amides is 1. The Bertz CT molecular complexity index is 442. The van der Waals surface area contributed by atoms with Crippen LogP contribution in [0.1, 0.15) is 41.2 Å². The number of carboxylic acid groups (broad SMARTS) is 1. The van der Waals surface area contributed by atoms with Crippen LogP contribution in [-0.2, 0) is 11.2 Å². The molecule has 1 heterocycles. The number of hydrogen-bond acceptors (Lipinski definition) is 4. The number of carboxylic acids is 1. The SMILES string of the molecule is CCCCNC(=O)COc1cc(CC)sc1C(=O)O. The fourth-order valence-electron chi connectivity index (χ4n) is 1.45. The zero-order chi connectivity index (χ0) is 14.3. The predicted octanol–water partition coefficient (Wildman–Crippen LogP) is 2.30. The number of hydrogen-bond donors (Lipinski definition) is 2. The number of aryl methyl sites for hydroxylation is 1. The van der Waals surface area contributed by atoms with Gasteiger partial charge in [-0.2, -0.15) is 0 Å². The maximum Gasteiger partial charge on any atom is 0.349 e. The van der Waals surface area contributed by atoms with Crippen molar-refractivity contribution in [3.8, 4) is 5.75 Å². The lowest BCUT2D eigenvalue weighted by molar-refractivity contribution is -0.123. The Morgan fingerprint density at radius 1 is 1.42 bits per heavy atom. The van der Waals surface area contributed by atoms with Crippen LogP contribution in [0.3, 0.4) is 0 Å². The molecule has 2 N–H and O–H groups in total. The van der Waals surface area contributed by atoms with Crippen molar-refractivity contribution in [2.24, 2.45) is 0 Å². The van der Waals surface area contributed by atoms with Gasteiger partial charge in [0.1, 0.15) is 5.75 Å². The Hall–Kier alpha value is -1.56. The molecule has 0 unspecified atom stereocenters. The third-order valence-electron chi connectivity index (χ3n) is 2.50. The Balaban J connectivity index is 2.54. The van der Waals surface area contributed by atoms with E-state index in [2.05, 4.69) is 5.32 Å². The number of thiophene rings is 1. The second-order valence-corrected chi connectivity index (χ2v) is 5.19. The molecule has 0 atom stereocenters. The molecule has 0 bridgehead atoms. The van der Waals surface area contributed by atoms with Crippen molar-refractivity contribution in [1.29, 1.82) is 0 Å². The Labute approximate surface area is 116 Å². The van der Waals surface area contributed by atoms with Gasteiger partial charge in [-0.15, -0.1) is 11.3 Å². The largest absolute Gasteiger partial charge is 0.482 e. The lowest BCUT2D eigenvalue weighted by atomic mass is 10.3. The molecule has 5 nitrogen and oxygen atoms in total. The highest BCUT2D eigenvalue weighted by Crippen LogP contribution is 2.29. The minimum atomic E-state index is -1.02. The molecular formula is C13H19NO4S. The van der Waals surface area contributed by atoms with Gasteiger partial charge in [0.2, 0.25) is 0 Å². The van der Waals surface area contributed by atoms with Gasteiger partial charge in [-0.05, 0) is 18.9 Å². The molecule has 0 aliphatic rings. The summed E-state index contributed by atoms with van der Waals surface area (Å²) in [6.07, 6.45) is 2.68. The topological polar surface area (TPSA) is 75.6 Å². The van der Waals surface area contributed by atoms with Crippen LogP contribution in [0.2, 0.25) is 0 Å². The Morgan fingerprint density at radius 3 is 2.74 bits per heavy atom. The highest BCUT2D eigenvalue weighted by Gasteiger charge is 2.17. The fraction of sp³-hybridized carbons (Fsp3) is 0.538. The van der Waals surface area contributed by atoms with Crippen molar-refractivity contribution in [3.63, 3.8) is 0 Å². The lowest BCUT2D eigenvalue weighted by Gasteiger charge is -2.06. The van der Waals surface area contributed by atoms with Gasteiger partial charge >= 0.3 is 5.97 Å². The number of carbonyl (C=O) groups is 2. The summed E-state index contributed by atoms with van der Waals surface area (Å²) in [7, 11) is 0. The maximum atomic E-state index is 11.5. The zero-order valence-electron chi connectivity index (χ0n) is 11.2. The molecule has 0 aromatic carbocycles. The highest BCUT2D eigenvalue weighted by atomic mass is 32.1. The van der Waals surface area contributed by atoms with E-state index in [1.807, 2.05) is 13.8 Å². The normalized spacial score (nSPS) is 10.2. The van der Waals surface area contributed by atoms with E-state index in [1.165, 1.54) is 11.3 Å². The molecule has 1 aromatic rings. The van der Waals surface area contributed by atoms with Gasteiger partial charge in [0, 0.05) is 11.4 Å². The minimum Gasteiger partial charge on any atom is -0.482 e. The third-order valence-corrected chi connectivity index (χ3v) is 3.75. The molecule has 6 heteroatoms. The standard InChI is InChI=1S/C13H19NO4S/c1-3-5-6-14-11(15)8-18-10-7-9(4-2)19-12(10)13(16)17/h7H,3-6,8H2,1-2H3,(H,14,15)(H,16,17). The smallest absolute Gasteiger partial charge is 0.349 e. The Morgan fingerprint density at radius 2 is 2.16 bits per heavy atom. The summed E-state index contributed by atoms with van der Waals surface area (Å²) >= 11 is 1.18. The van der Waals surface area contributed by atoms with Gasteiger partial charge in [-0.25, -0.2) is 4.79 Å². The van der Waals surface area contributed by atoms with Crippen LogP contribution < -0.4 is 10.1 Å². The highest BCUT2D eigenvalue weighted by molar-refractivity contribution is 7.14. The van der Waals surface area contributed by atoms with Gasteiger partial charge in [0.05, 0.1) is 0 Å². The summed E-state index contributed by atoms with van der Waals surface area (Å²) < 4.78 is 5.29. The third kappa shape index (κ3) is 4.90. The molecule has 0 radical (unpaired) electrons. The number of carbonyl (C=O) groups excluding carboxylic acids is 1. The summed E-state index contributed by atoms with van der Waals surface area (Å²) in [4.78, 5) is 23.6. The number of ether oxygens (including phenoxy) is 1. The second-order valence-electron chi connectivity index (χ2n) is 4.06. The molecule has 106 valence electrons. The van der Waals surface area contributed by atoms with E-state index in [-0.39, 0.29) is 23.1 Å². The van der Waals surface area contributed by atoms with Crippen LogP contribution in [0.5, 0.6) is 5.75 Å². The summed E-state index contributed by atoms with van der Waals surface area (Å²) in [5.41, 5.74) is 0. The van der Waals surface area contributed by atoms with Gasteiger partial charge < -0.3 is 15.2 Å². The summed E-state index contributed by atoms with van der Waals surface area (Å²) in [5.74, 6) is -0.972. The van der Waals surface area contributed by atoms with E-state index < -0.39 is 5.97 Å². The van der Waals surface area contributed by atoms with Crippen LogP contribution in [-0.4, -0.2) is 30.1 Å². The fourth-order valence-corrected chi connectivity index (χ4v) is 2.33. The number of unbranched alkanes of at least 4 members (excludes halogenated alkanes) is 1. The summed E-state index contributed by atoms with van der Waals surface area (Å²) in [6.45, 7) is 4.45. The predicted molar refractivity (Wildman–Crippen MR) is 74.1 cm³/mol. The molecule has 0 spiro atoms. The van der Waals surface area contributed by atoms with Crippen LogP contribution in [0.15, 0.2) is 6.07 Å². The molecule has 0 saturated carbocycles. The number of aromatic carboxylic acids is 1. The van der Waals surface area contributed by atoms with E-state index >= 15 is 0 Å². The average molecular weight is 285 g/mol. The van der Waals surface area contributed by atoms with Gasteiger partial charge in [-0.3, -0.25) is 4.79 Å². The number of rotatable bonds is 8. The van der Waals surface area contributed by atoms with Gasteiger partial charge in [-0.1, -0.05) is 20.3 Å². The van der Waals surface area contributed by atoms with Crippen molar-refractivity contribution < 1.29 is 19.4 Å². The van der Waals surface area contributed by atoms with E-state index in [0.717, 1.165) is 24.1 Å². The molecular weight excluding hydrogens is 266 g/mol. The minimum absolute atomic E-state index is 0.149. The van der Waals surface area contributed by atoms with Crippen LogP contribution >= 0.6 is 11.3 Å². The lowest BCUT2D eigenvalue weighted by Crippen LogP contribution is -2.29. The molecule has 0 fully saturated rings. The molecule has 0 saturated heterocycles. The first-order chi connectivity index (χ1) is 9.08. The first kappa shape index (κ1) is 15.5. The van der Waals surface area contributed by atoms with Crippen molar-refractivity contribution in [3.05, 3.63) is 15.8 Å². The van der Waals surface area contributed by atoms with Crippen LogP contribution in [0.4, 0.5) is 0 Å². The van der Waals surface area contributed by atoms with Crippen molar-refractivity contribution in [2.75, 3.05) is 13.2 Å². The van der Waals surface area contributed by atoms with E-state index in [9.17, 15) is 9.59 Å². The van der Waals surface area contributed by atoms with E-state index in [4.69, 9.17) is 9.84 Å². The van der Waals surface area contributed by atoms with Gasteiger partial charge in [0.25, 0.3) is 5.91 Å². The monoisotopic (exact) mass is 285 g/mol. The van der Waals surface area contributed by atoms with E-state index in [1.54, 1.807) is 6.07 Å². The first-order valence-electron chi connectivity index (χ1n) is 6.34. The molecule has 1 rings (SSSR count). The zero-order valence-corrected chi connectivity index (χ0v) is 12.0. The van der Waals surface area contributed by atoms with Crippen molar-refractivity contribution >= 4 is 23.2 Å². The maximum absolute atomic E-state index is 11.5. The summed E-state index contributed by atoms with van der Waals surface area (Å²) in [5, 5.41) is 11.8. The van der Waals surface area contributed by atoms with Crippen molar-refractivity contribution in [2.45, 2.75) is 33.1 Å². The average Bonchev–Trinajstić information content (AvgIpc) is 2.80. The van der Waals surface area contributed by atoms with Crippen LogP contribution in [0, 0.1) is 0 Å². The number of nitrogens with one attached hydrogen (secondary N) is 1. The first-order valence-corrected chi connectivity index (χ1v) is 7.15. The van der Waals surface area contributed by atoms with Crippen LogP contribution in [0.25, 0.3) is 0 Å². The quantitative estimate of drug-likeness (QED) is 0.719. The van der Waals surface area contributed by atoms with E-state index in [0.29, 0.717) is 6.54 Å². The Kier molecular flexibility index (Phi) is 6.35.